The number of aromatic nitrogens is 2. The number of nitrogens with zero attached hydrogens (tertiary/aromatic N) is 3. The number of amides is 1. The molecule has 1 aromatic heterocycles. The lowest BCUT2D eigenvalue weighted by molar-refractivity contribution is -0.00359. The number of piperidine rings is 3. The van der Waals surface area contributed by atoms with E-state index < -0.39 is 0 Å². The standard InChI is InChI=1S/C20H24N4O2/c1-26-15-4-2-3-14(11-15)16-12-24(20(25)17-5-8-21-22-17)18-13-6-9-23(10-7-13)19(16)18/h2-5,8,11,13,16,18-19H,6-7,9-10,12H2,1H3,(H,21,22)/t16-,18-,19-/m0/s1. The number of ether oxygens (including phenoxy) is 1. The minimum Gasteiger partial charge on any atom is -0.497 e. The van der Waals surface area contributed by atoms with Gasteiger partial charge in [0.2, 0.25) is 0 Å². The number of carbonyl (C=O) groups is 1. The van der Waals surface area contributed by atoms with Crippen molar-refractivity contribution >= 4 is 5.91 Å². The molecule has 2 aromatic rings. The summed E-state index contributed by atoms with van der Waals surface area (Å²) in [7, 11) is 1.71. The Morgan fingerprint density at radius 3 is 2.81 bits per heavy atom. The molecule has 6 nitrogen and oxygen atoms in total. The topological polar surface area (TPSA) is 61.5 Å². The third kappa shape index (κ3) is 2.35. The summed E-state index contributed by atoms with van der Waals surface area (Å²) in [5, 5.41) is 6.82. The molecule has 1 aromatic carbocycles. The van der Waals surface area contributed by atoms with Crippen molar-refractivity contribution in [2.75, 3.05) is 26.7 Å². The zero-order valence-corrected chi connectivity index (χ0v) is 15.0. The van der Waals surface area contributed by atoms with Gasteiger partial charge in [-0.1, -0.05) is 12.1 Å². The van der Waals surface area contributed by atoms with E-state index in [4.69, 9.17) is 4.74 Å². The van der Waals surface area contributed by atoms with E-state index in [1.807, 2.05) is 6.07 Å². The summed E-state index contributed by atoms with van der Waals surface area (Å²) in [4.78, 5) is 17.9. The number of hydrogen-bond donors (Lipinski definition) is 1. The van der Waals surface area contributed by atoms with Gasteiger partial charge in [-0.05, 0) is 55.6 Å². The molecule has 4 aliphatic rings. The van der Waals surface area contributed by atoms with Gasteiger partial charge in [0.05, 0.1) is 13.2 Å². The van der Waals surface area contributed by atoms with Crippen LogP contribution in [-0.2, 0) is 0 Å². The number of fused-ring (bicyclic) bond motifs is 2. The van der Waals surface area contributed by atoms with Gasteiger partial charge in [0.25, 0.3) is 5.91 Å². The van der Waals surface area contributed by atoms with Gasteiger partial charge in [-0.2, -0.15) is 5.10 Å². The van der Waals surface area contributed by atoms with Gasteiger partial charge in [-0.3, -0.25) is 14.8 Å². The van der Waals surface area contributed by atoms with Crippen molar-refractivity contribution in [1.29, 1.82) is 0 Å². The maximum absolute atomic E-state index is 13.2. The Morgan fingerprint density at radius 1 is 1.23 bits per heavy atom. The molecule has 4 aliphatic heterocycles. The van der Waals surface area contributed by atoms with Crippen molar-refractivity contribution in [3.63, 3.8) is 0 Å². The van der Waals surface area contributed by atoms with Crippen molar-refractivity contribution in [3.8, 4) is 5.75 Å². The fourth-order valence-electron chi connectivity index (χ4n) is 5.35. The average molecular weight is 352 g/mol. The molecule has 3 atom stereocenters. The Labute approximate surface area is 153 Å². The number of nitrogens with one attached hydrogen (secondary N) is 1. The van der Waals surface area contributed by atoms with Crippen LogP contribution in [0.25, 0.3) is 0 Å². The molecule has 2 bridgehead atoms. The quantitative estimate of drug-likeness (QED) is 0.919. The van der Waals surface area contributed by atoms with Gasteiger partial charge < -0.3 is 9.64 Å². The molecule has 0 aliphatic carbocycles. The lowest BCUT2D eigenvalue weighted by Gasteiger charge is -2.51. The molecule has 1 amide bonds. The lowest BCUT2D eigenvalue weighted by atomic mass is 9.75. The number of aromatic amines is 1. The zero-order chi connectivity index (χ0) is 17.7. The lowest BCUT2D eigenvalue weighted by Crippen LogP contribution is -2.60. The maximum Gasteiger partial charge on any atom is 0.272 e. The molecule has 6 heteroatoms. The van der Waals surface area contributed by atoms with Crippen molar-refractivity contribution < 1.29 is 9.53 Å². The van der Waals surface area contributed by atoms with Gasteiger partial charge in [-0.15, -0.1) is 0 Å². The molecule has 5 heterocycles. The summed E-state index contributed by atoms with van der Waals surface area (Å²) in [6.45, 7) is 3.06. The number of methoxy groups -OCH3 is 1. The highest BCUT2D eigenvalue weighted by Crippen LogP contribution is 2.47. The predicted molar refractivity (Wildman–Crippen MR) is 97.2 cm³/mol. The average Bonchev–Trinajstić information content (AvgIpc) is 3.37. The summed E-state index contributed by atoms with van der Waals surface area (Å²) < 4.78 is 5.44. The second-order valence-electron chi connectivity index (χ2n) is 7.67. The number of H-pyrrole nitrogens is 1. The Balaban J connectivity index is 1.53. The highest BCUT2D eigenvalue weighted by Gasteiger charge is 2.54. The molecule has 0 saturated carbocycles. The molecule has 1 N–H and O–H groups in total. The number of rotatable bonds is 3. The molecule has 26 heavy (non-hydrogen) atoms. The Kier molecular flexibility index (Phi) is 3.74. The van der Waals surface area contributed by atoms with Crippen molar-refractivity contribution in [2.24, 2.45) is 5.92 Å². The number of benzene rings is 1. The minimum atomic E-state index is 0.0802. The summed E-state index contributed by atoms with van der Waals surface area (Å²) in [5.74, 6) is 1.89. The Morgan fingerprint density at radius 2 is 2.08 bits per heavy atom. The normalized spacial score (nSPS) is 32.5. The zero-order valence-electron chi connectivity index (χ0n) is 15.0. The van der Waals surface area contributed by atoms with E-state index in [1.54, 1.807) is 19.4 Å². The van der Waals surface area contributed by atoms with E-state index >= 15 is 0 Å². The van der Waals surface area contributed by atoms with Crippen LogP contribution in [0.15, 0.2) is 36.5 Å². The van der Waals surface area contributed by atoms with E-state index in [0.717, 1.165) is 25.4 Å². The first-order valence-corrected chi connectivity index (χ1v) is 9.44. The second kappa shape index (κ2) is 6.13. The highest BCUT2D eigenvalue weighted by atomic mass is 16.5. The smallest absolute Gasteiger partial charge is 0.272 e. The number of likely N-dealkylation sites (tertiary alicyclic amines) is 1. The van der Waals surface area contributed by atoms with Crippen LogP contribution in [0, 0.1) is 5.92 Å². The van der Waals surface area contributed by atoms with Crippen LogP contribution in [0.2, 0.25) is 0 Å². The van der Waals surface area contributed by atoms with Crippen LogP contribution in [0.4, 0.5) is 0 Å². The summed E-state index contributed by atoms with van der Waals surface area (Å²) in [6.07, 6.45) is 4.04. The second-order valence-corrected chi connectivity index (χ2v) is 7.67. The summed E-state index contributed by atoms with van der Waals surface area (Å²) >= 11 is 0. The summed E-state index contributed by atoms with van der Waals surface area (Å²) in [6, 6.07) is 10.8. The van der Waals surface area contributed by atoms with Crippen LogP contribution in [0.3, 0.4) is 0 Å². The summed E-state index contributed by atoms with van der Waals surface area (Å²) in [5.41, 5.74) is 1.86. The first-order valence-electron chi connectivity index (χ1n) is 9.44. The van der Waals surface area contributed by atoms with Crippen LogP contribution in [0.1, 0.15) is 34.8 Å². The first-order chi connectivity index (χ1) is 12.8. The predicted octanol–water partition coefficient (Wildman–Crippen LogP) is 2.12. The molecule has 4 saturated heterocycles. The van der Waals surface area contributed by atoms with E-state index in [-0.39, 0.29) is 5.91 Å². The molecule has 4 fully saturated rings. The molecule has 0 unspecified atom stereocenters. The van der Waals surface area contributed by atoms with Crippen LogP contribution >= 0.6 is 0 Å². The van der Waals surface area contributed by atoms with Crippen molar-refractivity contribution in [3.05, 3.63) is 47.8 Å². The van der Waals surface area contributed by atoms with Crippen LogP contribution in [-0.4, -0.2) is 64.7 Å². The molecule has 0 radical (unpaired) electrons. The monoisotopic (exact) mass is 352 g/mol. The molecular weight excluding hydrogens is 328 g/mol. The van der Waals surface area contributed by atoms with Crippen LogP contribution < -0.4 is 4.74 Å². The third-order valence-electron chi connectivity index (χ3n) is 6.51. The van der Waals surface area contributed by atoms with E-state index in [0.29, 0.717) is 29.6 Å². The fourth-order valence-corrected chi connectivity index (χ4v) is 5.35. The van der Waals surface area contributed by atoms with Gasteiger partial charge in [0, 0.05) is 24.7 Å². The number of hydrogen-bond acceptors (Lipinski definition) is 4. The molecule has 6 rings (SSSR count). The third-order valence-corrected chi connectivity index (χ3v) is 6.51. The molecule has 136 valence electrons. The van der Waals surface area contributed by atoms with Crippen LogP contribution in [0.5, 0.6) is 5.75 Å². The van der Waals surface area contributed by atoms with E-state index in [1.165, 1.54) is 18.4 Å². The van der Waals surface area contributed by atoms with Gasteiger partial charge in [0.15, 0.2) is 0 Å². The molecular formula is C20H24N4O2. The van der Waals surface area contributed by atoms with Gasteiger partial charge in [-0.25, -0.2) is 0 Å². The van der Waals surface area contributed by atoms with Crippen molar-refractivity contribution in [2.45, 2.75) is 30.8 Å². The van der Waals surface area contributed by atoms with Gasteiger partial charge >= 0.3 is 0 Å². The number of carbonyl (C=O) groups excluding carboxylic acids is 1. The molecule has 0 spiro atoms. The Bertz CT molecular complexity index is 798. The largest absolute Gasteiger partial charge is 0.497 e. The first kappa shape index (κ1) is 15.9. The SMILES string of the molecule is COc1cccc([C@@H]2CN(C(=O)c3ccn[nH]3)[C@H]3C4CCN(CC4)[C@@H]23)c1. The Hall–Kier alpha value is -2.34. The van der Waals surface area contributed by atoms with Crippen molar-refractivity contribution in [1.82, 2.24) is 20.0 Å². The van der Waals surface area contributed by atoms with E-state index in [2.05, 4.69) is 38.2 Å². The minimum absolute atomic E-state index is 0.0802. The van der Waals surface area contributed by atoms with Gasteiger partial charge in [0.1, 0.15) is 11.4 Å². The fraction of sp³-hybridized carbons (Fsp3) is 0.500. The van der Waals surface area contributed by atoms with E-state index in [9.17, 15) is 4.79 Å². The maximum atomic E-state index is 13.2. The highest BCUT2D eigenvalue weighted by molar-refractivity contribution is 5.92.